The first-order chi connectivity index (χ1) is 15.1. The zero-order chi connectivity index (χ0) is 21.9. The number of esters is 1. The summed E-state index contributed by atoms with van der Waals surface area (Å²) in [7, 11) is 0. The molecule has 2 N–H and O–H groups in total. The van der Waals surface area contributed by atoms with Crippen LogP contribution in [0.2, 0.25) is 0 Å². The molecule has 2 aliphatic heterocycles. The molecule has 3 aromatic rings. The van der Waals surface area contributed by atoms with E-state index in [1.807, 2.05) is 19.9 Å². The van der Waals surface area contributed by atoms with Gasteiger partial charge in [0.2, 0.25) is 0 Å². The van der Waals surface area contributed by atoms with Crippen molar-refractivity contribution < 1.29 is 9.53 Å². The van der Waals surface area contributed by atoms with Crippen LogP contribution in [0.1, 0.15) is 60.1 Å². The monoisotopic (exact) mass is 415 g/mol. The Morgan fingerprint density at radius 2 is 2.00 bits per heavy atom. The van der Waals surface area contributed by atoms with E-state index in [1.54, 1.807) is 11.5 Å². The lowest BCUT2D eigenvalue weighted by Crippen LogP contribution is -2.31. The molecule has 1 atom stereocenters. The molecule has 0 saturated carbocycles. The predicted molar refractivity (Wildman–Crippen MR) is 121 cm³/mol. The second kappa shape index (κ2) is 7.17. The van der Waals surface area contributed by atoms with Crippen molar-refractivity contribution in [2.75, 3.05) is 0 Å². The number of ether oxygens (including phenoxy) is 1. The van der Waals surface area contributed by atoms with Crippen LogP contribution in [0.5, 0.6) is 0 Å². The summed E-state index contributed by atoms with van der Waals surface area (Å²) in [4.78, 5) is 30.2. The number of hydrogen-bond donors (Lipinski definition) is 1. The number of cyclic esters (lactones) is 1. The van der Waals surface area contributed by atoms with Crippen molar-refractivity contribution in [3.63, 3.8) is 0 Å². The number of benzene rings is 1. The standard InChI is InChI=1S/C23H19N3O3.C2H6/c1-11-14-7-20-21-17(9-26(20)22(27)18(14)10-29-23(11)28)16(8-24)15-5-12-3-2-4-13(12)6-19(15)25-21;1-2/h2,4-7,11H,3,8-10,24H2,1H3;1-2H3. The third-order valence-corrected chi connectivity index (χ3v) is 6.48. The van der Waals surface area contributed by atoms with Gasteiger partial charge >= 0.3 is 5.97 Å². The fourth-order valence-corrected chi connectivity index (χ4v) is 4.88. The van der Waals surface area contributed by atoms with Crippen LogP contribution in [0.25, 0.3) is 28.4 Å². The van der Waals surface area contributed by atoms with E-state index in [4.69, 9.17) is 15.5 Å². The van der Waals surface area contributed by atoms with E-state index >= 15 is 0 Å². The fourth-order valence-electron chi connectivity index (χ4n) is 4.88. The third-order valence-electron chi connectivity index (χ3n) is 6.48. The van der Waals surface area contributed by atoms with Gasteiger partial charge in [-0.2, -0.15) is 0 Å². The van der Waals surface area contributed by atoms with Crippen LogP contribution in [0, 0.1) is 0 Å². The van der Waals surface area contributed by atoms with E-state index in [-0.39, 0.29) is 18.1 Å². The number of nitrogens with zero attached hydrogens (tertiary/aromatic N) is 2. The van der Waals surface area contributed by atoms with Gasteiger partial charge in [-0.15, -0.1) is 0 Å². The van der Waals surface area contributed by atoms with Crippen molar-refractivity contribution in [2.24, 2.45) is 5.73 Å². The van der Waals surface area contributed by atoms with Crippen LogP contribution in [-0.2, 0) is 35.6 Å². The fraction of sp³-hybridized carbons (Fsp3) is 0.320. The van der Waals surface area contributed by atoms with E-state index in [9.17, 15) is 9.59 Å². The lowest BCUT2D eigenvalue weighted by molar-refractivity contribution is -0.147. The van der Waals surface area contributed by atoms with Crippen LogP contribution < -0.4 is 11.3 Å². The third kappa shape index (κ3) is 2.71. The highest BCUT2D eigenvalue weighted by Crippen LogP contribution is 2.39. The second-order valence-electron chi connectivity index (χ2n) is 7.98. The number of pyridine rings is 2. The highest BCUT2D eigenvalue weighted by Gasteiger charge is 2.33. The molecule has 1 aliphatic carbocycles. The van der Waals surface area contributed by atoms with Gasteiger partial charge in [0.25, 0.3) is 5.56 Å². The molecular formula is C25H25N3O3. The van der Waals surface area contributed by atoms with Crippen molar-refractivity contribution in [1.82, 2.24) is 9.55 Å². The predicted octanol–water partition coefficient (Wildman–Crippen LogP) is 3.64. The minimum absolute atomic E-state index is 0.0339. The molecule has 0 bridgehead atoms. The summed E-state index contributed by atoms with van der Waals surface area (Å²) in [5.41, 5.74) is 14.3. The molecule has 0 amide bonds. The van der Waals surface area contributed by atoms with Crippen LogP contribution in [0.15, 0.2) is 29.1 Å². The molecule has 6 nitrogen and oxygen atoms in total. The zero-order valence-electron chi connectivity index (χ0n) is 18.0. The maximum Gasteiger partial charge on any atom is 0.313 e. The Balaban J connectivity index is 0.000000994. The van der Waals surface area contributed by atoms with Gasteiger partial charge in [-0.25, -0.2) is 4.98 Å². The lowest BCUT2D eigenvalue weighted by Gasteiger charge is -2.22. The largest absolute Gasteiger partial charge is 0.460 e. The van der Waals surface area contributed by atoms with Crippen LogP contribution in [-0.4, -0.2) is 15.5 Å². The minimum Gasteiger partial charge on any atom is -0.460 e. The molecule has 4 heterocycles. The molecule has 158 valence electrons. The molecular weight excluding hydrogens is 390 g/mol. The van der Waals surface area contributed by atoms with Crippen LogP contribution in [0.4, 0.5) is 0 Å². The highest BCUT2D eigenvalue weighted by molar-refractivity contribution is 5.91. The lowest BCUT2D eigenvalue weighted by atomic mass is 9.93. The van der Waals surface area contributed by atoms with E-state index < -0.39 is 5.92 Å². The van der Waals surface area contributed by atoms with Crippen molar-refractivity contribution in [3.05, 3.63) is 68.0 Å². The van der Waals surface area contributed by atoms with Crippen molar-refractivity contribution in [1.29, 1.82) is 0 Å². The highest BCUT2D eigenvalue weighted by atomic mass is 16.5. The van der Waals surface area contributed by atoms with Gasteiger partial charge < -0.3 is 15.0 Å². The van der Waals surface area contributed by atoms with Gasteiger partial charge in [-0.1, -0.05) is 26.0 Å². The summed E-state index contributed by atoms with van der Waals surface area (Å²) in [6, 6.07) is 6.23. The Morgan fingerprint density at radius 3 is 2.77 bits per heavy atom. The van der Waals surface area contributed by atoms with Gasteiger partial charge in [0.1, 0.15) is 6.61 Å². The number of fused-ring (bicyclic) bond motifs is 6. The van der Waals surface area contributed by atoms with E-state index in [0.29, 0.717) is 18.7 Å². The Bertz CT molecular complexity index is 1350. The number of carbonyl (C=O) groups excluding carboxylic acids is 1. The Labute approximate surface area is 180 Å². The molecule has 3 aliphatic rings. The molecule has 0 saturated heterocycles. The molecule has 0 spiro atoms. The molecule has 0 fully saturated rings. The summed E-state index contributed by atoms with van der Waals surface area (Å²) in [6.45, 7) is 6.64. The topological polar surface area (TPSA) is 87.2 Å². The molecule has 1 aromatic carbocycles. The van der Waals surface area contributed by atoms with E-state index in [1.165, 1.54) is 11.1 Å². The van der Waals surface area contributed by atoms with Crippen LogP contribution >= 0.6 is 0 Å². The average Bonchev–Trinajstić information content (AvgIpc) is 3.39. The summed E-state index contributed by atoms with van der Waals surface area (Å²) in [5, 5.41) is 1.06. The summed E-state index contributed by atoms with van der Waals surface area (Å²) in [6.07, 6.45) is 5.19. The molecule has 2 aromatic heterocycles. The van der Waals surface area contributed by atoms with Gasteiger partial charge in [-0.3, -0.25) is 9.59 Å². The molecule has 6 rings (SSSR count). The maximum atomic E-state index is 13.2. The maximum absolute atomic E-state index is 13.2. The number of rotatable bonds is 1. The molecule has 1 unspecified atom stereocenters. The number of hydrogen-bond acceptors (Lipinski definition) is 5. The quantitative estimate of drug-likeness (QED) is 0.480. The molecule has 0 radical (unpaired) electrons. The van der Waals surface area contributed by atoms with E-state index in [2.05, 4.69) is 24.3 Å². The van der Waals surface area contributed by atoms with Gasteiger partial charge in [0.15, 0.2) is 0 Å². The van der Waals surface area contributed by atoms with Gasteiger partial charge in [0, 0.05) is 17.5 Å². The average molecular weight is 415 g/mol. The van der Waals surface area contributed by atoms with Crippen LogP contribution in [0.3, 0.4) is 0 Å². The van der Waals surface area contributed by atoms with Gasteiger partial charge in [-0.05, 0) is 53.8 Å². The second-order valence-corrected chi connectivity index (χ2v) is 7.98. The number of aromatic nitrogens is 2. The van der Waals surface area contributed by atoms with Crippen molar-refractivity contribution in [2.45, 2.75) is 52.8 Å². The van der Waals surface area contributed by atoms with Gasteiger partial charge in [0.05, 0.1) is 34.9 Å². The summed E-state index contributed by atoms with van der Waals surface area (Å²) >= 11 is 0. The number of carbonyl (C=O) groups is 1. The zero-order valence-corrected chi connectivity index (χ0v) is 18.0. The van der Waals surface area contributed by atoms with E-state index in [0.717, 1.165) is 45.4 Å². The molecule has 6 heteroatoms. The molecule has 31 heavy (non-hydrogen) atoms. The number of allylic oxidation sites excluding steroid dienone is 1. The Hall–Kier alpha value is -3.25. The number of nitrogens with two attached hydrogens (primary N) is 1. The smallest absolute Gasteiger partial charge is 0.313 e. The first kappa shape index (κ1) is 19.7. The summed E-state index contributed by atoms with van der Waals surface area (Å²) < 4.78 is 6.94. The Morgan fingerprint density at radius 1 is 1.19 bits per heavy atom. The summed E-state index contributed by atoms with van der Waals surface area (Å²) in [5.74, 6) is -0.749. The van der Waals surface area contributed by atoms with Crippen molar-refractivity contribution >= 4 is 22.9 Å². The van der Waals surface area contributed by atoms with Crippen molar-refractivity contribution in [3.8, 4) is 11.4 Å². The first-order valence-corrected chi connectivity index (χ1v) is 10.9. The SMILES string of the molecule is CC.CC1C(=O)OCc2c1cc1n(c2=O)Cc2c-1nc1cc3c(cc1c2CN)CC=C3. The minimum atomic E-state index is -0.454. The normalized spacial score (nSPS) is 17.4. The Kier molecular flexibility index (Phi) is 4.55. The first-order valence-electron chi connectivity index (χ1n) is 10.9.